The highest BCUT2D eigenvalue weighted by atomic mass is 16.6. The Balaban J connectivity index is 2.17. The van der Waals surface area contributed by atoms with Crippen molar-refractivity contribution in [3.05, 3.63) is 28.2 Å². The highest BCUT2D eigenvalue weighted by Gasteiger charge is 2.50. The van der Waals surface area contributed by atoms with E-state index >= 15 is 0 Å². The van der Waals surface area contributed by atoms with E-state index in [4.69, 9.17) is 15.6 Å². The summed E-state index contributed by atoms with van der Waals surface area (Å²) in [7, 11) is 0. The third kappa shape index (κ3) is 1.76. The van der Waals surface area contributed by atoms with Crippen LogP contribution in [0.15, 0.2) is 22.6 Å². The van der Waals surface area contributed by atoms with Gasteiger partial charge in [-0.25, -0.2) is 0 Å². The van der Waals surface area contributed by atoms with Crippen molar-refractivity contribution in [2.45, 2.75) is 18.8 Å². The first-order valence-electron chi connectivity index (χ1n) is 6.06. The van der Waals surface area contributed by atoms with Crippen molar-refractivity contribution in [1.82, 2.24) is 15.0 Å². The molecule has 0 aliphatic carbocycles. The number of H-pyrrole nitrogens is 2. The third-order valence-corrected chi connectivity index (χ3v) is 3.39. The van der Waals surface area contributed by atoms with E-state index < -0.39 is 29.8 Å². The lowest BCUT2D eigenvalue weighted by Crippen LogP contribution is -2.51. The number of aromatic nitrogens is 4. The summed E-state index contributed by atoms with van der Waals surface area (Å²) < 4.78 is 6.67. The molecule has 2 aromatic heterocycles. The number of nitrogens with two attached hydrogens (primary N) is 1. The lowest BCUT2D eigenvalue weighted by molar-refractivity contribution is -0.749. The molecule has 0 saturated carbocycles. The van der Waals surface area contributed by atoms with E-state index in [1.807, 2.05) is 0 Å². The second-order valence-electron chi connectivity index (χ2n) is 4.88. The maximum Gasteiger partial charge on any atom is 0.314 e. The Hall–Kier alpha value is -2.59. The molecule has 7 N–H and O–H groups in total. The van der Waals surface area contributed by atoms with E-state index in [9.17, 15) is 15.0 Å². The normalized spacial score (nSPS) is 25.6. The first-order chi connectivity index (χ1) is 9.86. The van der Waals surface area contributed by atoms with Crippen LogP contribution in [0.5, 0.6) is 0 Å². The molecular weight excluding hydrogens is 282 g/mol. The van der Waals surface area contributed by atoms with E-state index in [2.05, 4.69) is 15.0 Å². The van der Waals surface area contributed by atoms with Gasteiger partial charge in [-0.05, 0) is 6.92 Å². The minimum absolute atomic E-state index is 0.0990. The largest absolute Gasteiger partial charge is 0.506 e. The van der Waals surface area contributed by atoms with Crippen LogP contribution in [-0.4, -0.2) is 42.5 Å². The second-order valence-corrected chi connectivity index (χ2v) is 4.88. The Labute approximate surface area is 117 Å². The van der Waals surface area contributed by atoms with E-state index in [0.717, 1.165) is 0 Å². The van der Waals surface area contributed by atoms with Crippen LogP contribution in [0, 0.1) is 0 Å². The topological polar surface area (TPSA) is 161 Å². The number of hydrogen-bond donors (Lipinski definition) is 6. The van der Waals surface area contributed by atoms with Gasteiger partial charge in [0.15, 0.2) is 23.4 Å². The van der Waals surface area contributed by atoms with Crippen LogP contribution < -0.4 is 15.9 Å². The number of anilines is 1. The summed E-state index contributed by atoms with van der Waals surface area (Å²) in [5.74, 6) is -0.725. The molecule has 0 fully saturated rings. The zero-order chi connectivity index (χ0) is 15.4. The Kier molecular flexibility index (Phi) is 2.68. The van der Waals surface area contributed by atoms with Gasteiger partial charge >= 0.3 is 5.65 Å². The van der Waals surface area contributed by atoms with Crippen LogP contribution in [0.25, 0.3) is 11.2 Å². The average molecular weight is 296 g/mol. The average Bonchev–Trinajstić information content (AvgIpc) is 2.91. The maximum absolute atomic E-state index is 11.8. The summed E-state index contributed by atoms with van der Waals surface area (Å²) in [5, 5.41) is 29.4. The predicted octanol–water partition coefficient (Wildman–Crippen LogP) is -1.84. The first-order valence-corrected chi connectivity index (χ1v) is 6.06. The van der Waals surface area contributed by atoms with Gasteiger partial charge in [0.1, 0.15) is 6.61 Å². The number of imidazole rings is 1. The number of ether oxygens (including phenoxy) is 1. The van der Waals surface area contributed by atoms with Crippen molar-refractivity contribution in [1.29, 1.82) is 0 Å². The number of aliphatic hydroxyl groups excluding tert-OH is 2. The molecule has 2 aromatic rings. The summed E-state index contributed by atoms with van der Waals surface area (Å²) in [6.07, 6.45) is 0.251. The fourth-order valence-electron chi connectivity index (χ4n) is 2.31. The van der Waals surface area contributed by atoms with Crippen LogP contribution in [0.3, 0.4) is 0 Å². The van der Waals surface area contributed by atoms with Crippen LogP contribution in [-0.2, 0) is 4.74 Å². The highest BCUT2D eigenvalue weighted by Crippen LogP contribution is 2.37. The number of nitrogens with zero attached hydrogens (tertiary/aromatic N) is 2. The smallest absolute Gasteiger partial charge is 0.314 e. The number of nitrogen functional groups attached to an aromatic ring is 1. The standard InChI is InChI=1S/C11H13N5O5/c1-11(20)6(18)4(2-17)21-9(11)16-3-13-5-7(16)14-10(12)15-8(5)19/h3,9,17,20H,2H2,1H3,(H4,12,14,15,18,19)/p+1. The Morgan fingerprint density at radius 1 is 1.62 bits per heavy atom. The van der Waals surface area contributed by atoms with Gasteiger partial charge < -0.3 is 25.8 Å². The van der Waals surface area contributed by atoms with Crippen molar-refractivity contribution in [3.8, 4) is 0 Å². The molecule has 21 heavy (non-hydrogen) atoms. The lowest BCUT2D eigenvalue weighted by Gasteiger charge is -2.22. The summed E-state index contributed by atoms with van der Waals surface area (Å²) >= 11 is 0. The molecule has 0 spiro atoms. The molecule has 1 aliphatic heterocycles. The molecule has 112 valence electrons. The van der Waals surface area contributed by atoms with Crippen molar-refractivity contribution in [2.75, 3.05) is 12.3 Å². The van der Waals surface area contributed by atoms with E-state index in [1.165, 1.54) is 17.8 Å². The van der Waals surface area contributed by atoms with Gasteiger partial charge in [-0.1, -0.05) is 4.98 Å². The SMILES string of the molecule is CC1(O)C(O)=C(CO)OC1[n+]1c[nH]c2c(=O)[nH]c(N)nc21. The predicted molar refractivity (Wildman–Crippen MR) is 68.8 cm³/mol. The van der Waals surface area contributed by atoms with Gasteiger partial charge in [0.05, 0.1) is 0 Å². The van der Waals surface area contributed by atoms with Gasteiger partial charge in [-0.2, -0.15) is 4.57 Å². The van der Waals surface area contributed by atoms with Gasteiger partial charge in [0.25, 0.3) is 17.7 Å². The van der Waals surface area contributed by atoms with Crippen LogP contribution in [0.2, 0.25) is 0 Å². The van der Waals surface area contributed by atoms with Crippen LogP contribution in [0.4, 0.5) is 5.95 Å². The van der Waals surface area contributed by atoms with Gasteiger partial charge in [0.2, 0.25) is 5.52 Å². The van der Waals surface area contributed by atoms with Crippen LogP contribution >= 0.6 is 0 Å². The monoisotopic (exact) mass is 296 g/mol. The van der Waals surface area contributed by atoms with Crippen molar-refractivity contribution < 1.29 is 24.6 Å². The molecule has 0 bridgehead atoms. The molecule has 0 saturated heterocycles. The minimum Gasteiger partial charge on any atom is -0.506 e. The number of rotatable bonds is 2. The van der Waals surface area contributed by atoms with E-state index in [0.29, 0.717) is 0 Å². The third-order valence-electron chi connectivity index (χ3n) is 3.39. The van der Waals surface area contributed by atoms with Crippen molar-refractivity contribution in [3.63, 3.8) is 0 Å². The number of fused-ring (bicyclic) bond motifs is 1. The molecule has 0 radical (unpaired) electrons. The molecule has 3 heterocycles. The Bertz CT molecular complexity index is 805. The summed E-state index contributed by atoms with van der Waals surface area (Å²) in [5.41, 5.74) is 3.52. The molecule has 2 atom stereocenters. The zero-order valence-corrected chi connectivity index (χ0v) is 11.0. The Morgan fingerprint density at radius 2 is 2.33 bits per heavy atom. The van der Waals surface area contributed by atoms with Gasteiger partial charge in [0, 0.05) is 0 Å². The van der Waals surface area contributed by atoms with Crippen LogP contribution in [0.1, 0.15) is 13.2 Å². The molecule has 0 amide bonds. The quantitative estimate of drug-likeness (QED) is 0.355. The van der Waals surface area contributed by atoms with Gasteiger partial charge in [-0.15, -0.1) is 0 Å². The molecule has 10 nitrogen and oxygen atoms in total. The molecule has 2 unspecified atom stereocenters. The fraction of sp³-hybridized carbons (Fsp3) is 0.364. The Morgan fingerprint density at radius 3 is 2.95 bits per heavy atom. The van der Waals surface area contributed by atoms with E-state index in [1.54, 1.807) is 0 Å². The summed E-state index contributed by atoms with van der Waals surface area (Å²) in [6.45, 7) is 0.746. The molecule has 0 aromatic carbocycles. The fourth-order valence-corrected chi connectivity index (χ4v) is 2.31. The first kappa shape index (κ1) is 13.4. The molecule has 3 rings (SSSR count). The summed E-state index contributed by atoms with van der Waals surface area (Å²) in [4.78, 5) is 20.8. The second kappa shape index (κ2) is 4.20. The maximum atomic E-state index is 11.8. The number of nitrogens with one attached hydrogen (secondary N) is 2. The molecule has 10 heteroatoms. The molecule has 1 aliphatic rings. The number of aliphatic hydroxyl groups is 3. The summed E-state index contributed by atoms with van der Waals surface area (Å²) in [6, 6.07) is 0. The van der Waals surface area contributed by atoms with Crippen molar-refractivity contribution >= 4 is 17.1 Å². The highest BCUT2D eigenvalue weighted by molar-refractivity contribution is 5.65. The van der Waals surface area contributed by atoms with E-state index in [-0.39, 0.29) is 22.9 Å². The van der Waals surface area contributed by atoms with Gasteiger partial charge in [-0.3, -0.25) is 14.8 Å². The molecular formula is C11H14N5O5+. The minimum atomic E-state index is -1.79. The number of hydrogen-bond acceptors (Lipinski definition) is 7. The zero-order valence-electron chi connectivity index (χ0n) is 11.0. The number of aromatic amines is 2. The van der Waals surface area contributed by atoms with Crippen molar-refractivity contribution in [2.24, 2.45) is 0 Å². The lowest BCUT2D eigenvalue weighted by atomic mass is 10.0.